The van der Waals surface area contributed by atoms with Gasteiger partial charge in [0.1, 0.15) is 6.10 Å². The minimum Gasteiger partial charge on any atom is -0.378 e. The summed E-state index contributed by atoms with van der Waals surface area (Å²) in [5, 5.41) is 11.9. The molecule has 0 aliphatic heterocycles. The fraction of sp³-hybridized carbons (Fsp3) is 1.00. The Bertz CT molecular complexity index is 202. The summed E-state index contributed by atoms with van der Waals surface area (Å²) in [5.41, 5.74) is 0. The van der Waals surface area contributed by atoms with Gasteiger partial charge in [0.05, 0.1) is 6.61 Å². The predicted molar refractivity (Wildman–Crippen MR) is 86.5 cm³/mol. The van der Waals surface area contributed by atoms with Gasteiger partial charge < -0.3 is 4.74 Å². The Morgan fingerprint density at radius 1 is 0.850 bits per heavy atom. The van der Waals surface area contributed by atoms with E-state index in [1.807, 2.05) is 0 Å². The fourth-order valence-corrected chi connectivity index (χ4v) is 2.99. The highest BCUT2D eigenvalue weighted by molar-refractivity contribution is 4.65. The van der Waals surface area contributed by atoms with E-state index in [1.165, 1.54) is 32.1 Å². The van der Waals surface area contributed by atoms with Crippen LogP contribution in [0.25, 0.3) is 0 Å². The molecule has 121 valence electrons. The van der Waals surface area contributed by atoms with Gasteiger partial charge in [-0.05, 0) is 30.6 Å². The van der Waals surface area contributed by atoms with Crippen LogP contribution in [0.2, 0.25) is 0 Å². The third kappa shape index (κ3) is 8.97. The van der Waals surface area contributed by atoms with Gasteiger partial charge in [0.2, 0.25) is 0 Å². The first-order valence-corrected chi connectivity index (χ1v) is 8.82. The first-order chi connectivity index (χ1) is 9.58. The second-order valence-corrected chi connectivity index (χ2v) is 6.35. The van der Waals surface area contributed by atoms with Gasteiger partial charge in [-0.1, -0.05) is 66.7 Å². The quantitative estimate of drug-likeness (QED) is 0.440. The molecule has 2 nitrogen and oxygen atoms in total. The van der Waals surface area contributed by atoms with Crippen LogP contribution in [0.3, 0.4) is 0 Å². The van der Waals surface area contributed by atoms with Gasteiger partial charge in [0.15, 0.2) is 0 Å². The van der Waals surface area contributed by atoms with Crippen molar-refractivity contribution < 1.29 is 9.84 Å². The highest BCUT2D eigenvalue weighted by atomic mass is 16.5. The monoisotopic (exact) mass is 285 g/mol. The highest BCUT2D eigenvalue weighted by Gasteiger charge is 2.16. The van der Waals surface area contributed by atoms with E-state index in [-0.39, 0.29) is 0 Å². The lowest BCUT2D eigenvalue weighted by molar-refractivity contribution is -0.0242. The maximum Gasteiger partial charge on any atom is 0.116 e. The van der Waals surface area contributed by atoms with Crippen molar-refractivity contribution in [3.8, 4) is 0 Å². The van der Waals surface area contributed by atoms with Crippen molar-refractivity contribution in [2.45, 2.75) is 85.7 Å². The van der Waals surface area contributed by atoms with E-state index in [4.69, 9.17) is 4.74 Å². The molecule has 0 aliphatic rings. The molecule has 0 aromatic rings. The van der Waals surface area contributed by atoms with Crippen molar-refractivity contribution in [3.05, 3.63) is 0 Å². The molecular weight excluding hydrogens is 248 g/mol. The second kappa shape index (κ2) is 12.6. The van der Waals surface area contributed by atoms with E-state index >= 15 is 0 Å². The molecule has 0 fully saturated rings. The van der Waals surface area contributed by atoms with Gasteiger partial charge in [-0.25, -0.2) is 5.11 Å². The summed E-state index contributed by atoms with van der Waals surface area (Å²) in [6.45, 7) is 12.3. The zero-order valence-electron chi connectivity index (χ0n) is 14.5. The average molecular weight is 285 g/mol. The Kier molecular flexibility index (Phi) is 12.6. The van der Waals surface area contributed by atoms with E-state index in [1.54, 1.807) is 0 Å². The van der Waals surface area contributed by atoms with Crippen molar-refractivity contribution >= 4 is 0 Å². The van der Waals surface area contributed by atoms with E-state index < -0.39 is 6.10 Å². The molecular formula is C18H37O2. The SMILES string of the molecule is CCCC(CC)C(C)COCC([O])CCC(CC)CC. The Hall–Kier alpha value is -0.0800. The van der Waals surface area contributed by atoms with Crippen LogP contribution in [0.4, 0.5) is 0 Å². The lowest BCUT2D eigenvalue weighted by Gasteiger charge is -2.22. The lowest BCUT2D eigenvalue weighted by Crippen LogP contribution is -2.21. The van der Waals surface area contributed by atoms with Crippen LogP contribution < -0.4 is 0 Å². The molecule has 3 unspecified atom stereocenters. The third-order valence-electron chi connectivity index (χ3n) is 4.72. The summed E-state index contributed by atoms with van der Waals surface area (Å²) in [6, 6.07) is 0. The largest absolute Gasteiger partial charge is 0.378 e. The predicted octanol–water partition coefficient (Wildman–Crippen LogP) is 5.48. The number of ether oxygens (including phenoxy) is 1. The summed E-state index contributed by atoms with van der Waals surface area (Å²) in [6.07, 6.45) is 7.41. The van der Waals surface area contributed by atoms with Crippen molar-refractivity contribution in [3.63, 3.8) is 0 Å². The number of hydrogen-bond acceptors (Lipinski definition) is 1. The van der Waals surface area contributed by atoms with Crippen LogP contribution in [0.1, 0.15) is 79.6 Å². The number of hydrogen-bond donors (Lipinski definition) is 0. The summed E-state index contributed by atoms with van der Waals surface area (Å²) in [4.78, 5) is 0. The molecule has 0 rings (SSSR count). The first kappa shape index (κ1) is 19.9. The van der Waals surface area contributed by atoms with Gasteiger partial charge in [0, 0.05) is 6.61 Å². The summed E-state index contributed by atoms with van der Waals surface area (Å²) < 4.78 is 5.67. The molecule has 0 aromatic carbocycles. The Morgan fingerprint density at radius 3 is 2.00 bits per heavy atom. The second-order valence-electron chi connectivity index (χ2n) is 6.35. The molecule has 0 N–H and O–H groups in total. The van der Waals surface area contributed by atoms with Crippen molar-refractivity contribution in [2.24, 2.45) is 17.8 Å². The van der Waals surface area contributed by atoms with Gasteiger partial charge in [-0.2, -0.15) is 0 Å². The highest BCUT2D eigenvalue weighted by Crippen LogP contribution is 2.21. The number of rotatable bonds is 13. The molecule has 0 aliphatic carbocycles. The molecule has 0 heterocycles. The molecule has 0 saturated heterocycles. The maximum atomic E-state index is 11.9. The van der Waals surface area contributed by atoms with E-state index in [9.17, 15) is 5.11 Å². The van der Waals surface area contributed by atoms with Gasteiger partial charge >= 0.3 is 0 Å². The molecule has 20 heavy (non-hydrogen) atoms. The molecule has 2 heteroatoms. The van der Waals surface area contributed by atoms with Gasteiger partial charge in [-0.15, -0.1) is 0 Å². The smallest absolute Gasteiger partial charge is 0.116 e. The van der Waals surface area contributed by atoms with E-state index in [0.717, 1.165) is 31.3 Å². The summed E-state index contributed by atoms with van der Waals surface area (Å²) in [7, 11) is 0. The Labute approximate surface area is 127 Å². The topological polar surface area (TPSA) is 29.1 Å². The normalized spacial score (nSPS) is 16.4. The van der Waals surface area contributed by atoms with Crippen molar-refractivity contribution in [1.82, 2.24) is 0 Å². The molecule has 3 atom stereocenters. The zero-order chi connectivity index (χ0) is 15.4. The first-order valence-electron chi connectivity index (χ1n) is 8.82. The molecule has 1 radical (unpaired) electrons. The van der Waals surface area contributed by atoms with Crippen LogP contribution in [-0.4, -0.2) is 19.3 Å². The summed E-state index contributed by atoms with van der Waals surface area (Å²) in [5.74, 6) is 2.04. The molecule has 0 bridgehead atoms. The van der Waals surface area contributed by atoms with Gasteiger partial charge in [-0.3, -0.25) is 0 Å². The maximum absolute atomic E-state index is 11.9. The molecule has 0 aromatic heterocycles. The Balaban J connectivity index is 3.76. The minimum absolute atomic E-state index is 0.396. The standard InChI is InChI=1S/C18H37O2/c1-6-10-17(9-4)15(5)13-20-14-18(19)12-11-16(7-2)8-3/h15-18H,6-14H2,1-5H3. The average Bonchev–Trinajstić information content (AvgIpc) is 2.45. The Morgan fingerprint density at radius 2 is 1.50 bits per heavy atom. The van der Waals surface area contributed by atoms with Crippen LogP contribution in [0.5, 0.6) is 0 Å². The van der Waals surface area contributed by atoms with Crippen LogP contribution in [0, 0.1) is 17.8 Å². The van der Waals surface area contributed by atoms with Crippen LogP contribution in [-0.2, 0) is 9.84 Å². The molecule has 0 saturated carbocycles. The minimum atomic E-state index is -0.533. The zero-order valence-corrected chi connectivity index (χ0v) is 14.5. The van der Waals surface area contributed by atoms with Crippen LogP contribution >= 0.6 is 0 Å². The molecule has 0 spiro atoms. The third-order valence-corrected chi connectivity index (χ3v) is 4.72. The summed E-state index contributed by atoms with van der Waals surface area (Å²) >= 11 is 0. The van der Waals surface area contributed by atoms with E-state index in [2.05, 4.69) is 34.6 Å². The molecule has 0 amide bonds. The van der Waals surface area contributed by atoms with Crippen LogP contribution in [0.15, 0.2) is 0 Å². The fourth-order valence-electron chi connectivity index (χ4n) is 2.99. The van der Waals surface area contributed by atoms with Crippen molar-refractivity contribution in [2.75, 3.05) is 13.2 Å². The van der Waals surface area contributed by atoms with E-state index in [0.29, 0.717) is 12.5 Å². The van der Waals surface area contributed by atoms with Gasteiger partial charge in [0.25, 0.3) is 0 Å². The van der Waals surface area contributed by atoms with Crippen molar-refractivity contribution in [1.29, 1.82) is 0 Å². The lowest BCUT2D eigenvalue weighted by atomic mass is 9.88.